The highest BCUT2D eigenvalue weighted by molar-refractivity contribution is 6.08. The number of nitrogens with one attached hydrogen (secondary N) is 1. The first kappa shape index (κ1) is 22.3. The lowest BCUT2D eigenvalue weighted by atomic mass is 9.93. The van der Waals surface area contributed by atoms with E-state index < -0.39 is 0 Å². The molecule has 0 aliphatic rings. The number of carbonyl (C=O) groups is 1. The number of nitrogens with zero attached hydrogens (tertiary/aromatic N) is 2. The van der Waals surface area contributed by atoms with Gasteiger partial charge in [-0.25, -0.2) is 4.79 Å². The summed E-state index contributed by atoms with van der Waals surface area (Å²) in [5.74, 6) is 0.998. The van der Waals surface area contributed by atoms with Crippen molar-refractivity contribution in [2.24, 2.45) is 0 Å². The Labute approximate surface area is 193 Å². The van der Waals surface area contributed by atoms with E-state index in [2.05, 4.69) is 15.5 Å². The van der Waals surface area contributed by atoms with Gasteiger partial charge in [-0.1, -0.05) is 42.5 Å². The summed E-state index contributed by atoms with van der Waals surface area (Å²) in [6, 6.07) is 19.8. The molecule has 0 saturated heterocycles. The molecular formula is C27H27N3O3. The number of esters is 1. The zero-order valence-electron chi connectivity index (χ0n) is 19.3. The van der Waals surface area contributed by atoms with Gasteiger partial charge in [0.05, 0.1) is 19.3 Å². The summed E-state index contributed by atoms with van der Waals surface area (Å²) in [7, 11) is 1.64. The van der Waals surface area contributed by atoms with Gasteiger partial charge < -0.3 is 14.8 Å². The van der Waals surface area contributed by atoms with E-state index in [1.165, 1.54) is 0 Å². The normalized spacial score (nSPS) is 10.8. The van der Waals surface area contributed by atoms with E-state index in [1.807, 2.05) is 81.4 Å². The van der Waals surface area contributed by atoms with Crippen LogP contribution in [0.25, 0.3) is 22.0 Å². The van der Waals surface area contributed by atoms with Crippen molar-refractivity contribution in [1.82, 2.24) is 10.2 Å². The van der Waals surface area contributed by atoms with Crippen molar-refractivity contribution < 1.29 is 14.3 Å². The molecule has 0 unspecified atom stereocenters. The highest BCUT2D eigenvalue weighted by Gasteiger charge is 2.22. The average molecular weight is 442 g/mol. The van der Waals surface area contributed by atoms with Gasteiger partial charge in [0.2, 0.25) is 0 Å². The number of ether oxygens (including phenoxy) is 2. The molecule has 4 aromatic rings. The number of rotatable bonds is 7. The van der Waals surface area contributed by atoms with Crippen LogP contribution in [0.15, 0.2) is 60.7 Å². The monoisotopic (exact) mass is 441 g/mol. The van der Waals surface area contributed by atoms with Gasteiger partial charge in [0, 0.05) is 22.9 Å². The van der Waals surface area contributed by atoms with Crippen LogP contribution in [-0.2, 0) is 11.3 Å². The van der Waals surface area contributed by atoms with Gasteiger partial charge in [-0.3, -0.25) is 0 Å². The molecule has 1 aromatic heterocycles. The van der Waals surface area contributed by atoms with Gasteiger partial charge in [-0.2, -0.15) is 0 Å². The van der Waals surface area contributed by atoms with Gasteiger partial charge in [-0.15, -0.1) is 10.2 Å². The van der Waals surface area contributed by atoms with E-state index in [4.69, 9.17) is 9.47 Å². The lowest BCUT2D eigenvalue weighted by molar-refractivity contribution is 0.0525. The molecule has 0 saturated carbocycles. The third kappa shape index (κ3) is 4.37. The lowest BCUT2D eigenvalue weighted by Crippen LogP contribution is -2.11. The van der Waals surface area contributed by atoms with Crippen LogP contribution in [0.4, 0.5) is 5.82 Å². The Morgan fingerprint density at radius 2 is 1.73 bits per heavy atom. The Hall–Kier alpha value is -3.93. The third-order valence-electron chi connectivity index (χ3n) is 5.66. The standard InChI is InChI=1S/C27H27N3O3/c1-5-33-27(31)23-17(2)15-21-24(18(23)3)26(28-16-19-11-7-6-8-12-19)30-29-25(21)20-13-9-10-14-22(20)32-4/h6-15H,5,16H2,1-4H3,(H,28,30). The third-order valence-corrected chi connectivity index (χ3v) is 5.66. The molecule has 168 valence electrons. The van der Waals surface area contributed by atoms with Crippen LogP contribution in [0.3, 0.4) is 0 Å². The van der Waals surface area contributed by atoms with Crippen LogP contribution >= 0.6 is 0 Å². The van der Waals surface area contributed by atoms with Crippen molar-refractivity contribution in [3.05, 3.63) is 82.9 Å². The molecule has 0 atom stereocenters. The maximum absolute atomic E-state index is 12.8. The van der Waals surface area contributed by atoms with Crippen molar-refractivity contribution in [3.8, 4) is 17.0 Å². The number of anilines is 1. The second kappa shape index (κ2) is 9.69. The maximum Gasteiger partial charge on any atom is 0.338 e. The van der Waals surface area contributed by atoms with Crippen LogP contribution < -0.4 is 10.1 Å². The molecule has 3 aromatic carbocycles. The quantitative estimate of drug-likeness (QED) is 0.370. The minimum absolute atomic E-state index is 0.315. The maximum atomic E-state index is 12.8. The molecule has 0 aliphatic carbocycles. The van der Waals surface area contributed by atoms with E-state index in [0.717, 1.165) is 33.0 Å². The Morgan fingerprint density at radius 1 is 1.00 bits per heavy atom. The van der Waals surface area contributed by atoms with E-state index in [0.29, 0.717) is 36.0 Å². The molecule has 0 amide bonds. The summed E-state index contributed by atoms with van der Waals surface area (Å²) in [5, 5.41) is 14.3. The Kier molecular flexibility index (Phi) is 6.54. The number of methoxy groups -OCH3 is 1. The fraction of sp³-hybridized carbons (Fsp3) is 0.222. The molecular weight excluding hydrogens is 414 g/mol. The molecule has 0 fully saturated rings. The zero-order valence-corrected chi connectivity index (χ0v) is 19.3. The molecule has 6 nitrogen and oxygen atoms in total. The van der Waals surface area contributed by atoms with E-state index in [9.17, 15) is 4.79 Å². The SMILES string of the molecule is CCOC(=O)c1c(C)cc2c(-c3ccccc3OC)nnc(NCc3ccccc3)c2c1C. The highest BCUT2D eigenvalue weighted by Crippen LogP contribution is 2.38. The minimum Gasteiger partial charge on any atom is -0.496 e. The van der Waals surface area contributed by atoms with Gasteiger partial charge in [0.15, 0.2) is 5.82 Å². The number of fused-ring (bicyclic) bond motifs is 1. The van der Waals surface area contributed by atoms with Crippen molar-refractivity contribution in [3.63, 3.8) is 0 Å². The highest BCUT2D eigenvalue weighted by atomic mass is 16.5. The van der Waals surface area contributed by atoms with Crippen molar-refractivity contribution in [1.29, 1.82) is 0 Å². The molecule has 0 bridgehead atoms. The van der Waals surface area contributed by atoms with E-state index >= 15 is 0 Å². The average Bonchev–Trinajstić information content (AvgIpc) is 2.83. The summed E-state index contributed by atoms with van der Waals surface area (Å²) < 4.78 is 10.9. The summed E-state index contributed by atoms with van der Waals surface area (Å²) in [6.45, 7) is 6.56. The number of aromatic nitrogens is 2. The molecule has 0 radical (unpaired) electrons. The Morgan fingerprint density at radius 3 is 2.45 bits per heavy atom. The molecule has 1 heterocycles. The first-order chi connectivity index (χ1) is 16.0. The van der Waals surface area contributed by atoms with Crippen LogP contribution in [0, 0.1) is 13.8 Å². The molecule has 6 heteroatoms. The van der Waals surface area contributed by atoms with Crippen LogP contribution in [0.1, 0.15) is 34.0 Å². The number of aryl methyl sites for hydroxylation is 2. The summed E-state index contributed by atoms with van der Waals surface area (Å²) in [4.78, 5) is 12.8. The van der Waals surface area contributed by atoms with Crippen molar-refractivity contribution >= 4 is 22.6 Å². The van der Waals surface area contributed by atoms with Crippen LogP contribution in [-0.4, -0.2) is 29.9 Å². The number of hydrogen-bond donors (Lipinski definition) is 1. The van der Waals surface area contributed by atoms with Crippen molar-refractivity contribution in [2.75, 3.05) is 19.0 Å². The fourth-order valence-electron chi connectivity index (χ4n) is 4.14. The summed E-state index contributed by atoms with van der Waals surface area (Å²) in [6.07, 6.45) is 0. The largest absolute Gasteiger partial charge is 0.496 e. The van der Waals surface area contributed by atoms with Gasteiger partial charge >= 0.3 is 5.97 Å². The number of carbonyl (C=O) groups excluding carboxylic acids is 1. The topological polar surface area (TPSA) is 73.3 Å². The number of hydrogen-bond acceptors (Lipinski definition) is 6. The summed E-state index contributed by atoms with van der Waals surface area (Å²) in [5.41, 5.74) is 4.87. The van der Waals surface area contributed by atoms with Crippen molar-refractivity contribution in [2.45, 2.75) is 27.3 Å². The number of para-hydroxylation sites is 1. The Bertz CT molecular complexity index is 1300. The number of benzene rings is 3. The van der Waals surface area contributed by atoms with Crippen LogP contribution in [0.2, 0.25) is 0 Å². The predicted molar refractivity (Wildman–Crippen MR) is 131 cm³/mol. The lowest BCUT2D eigenvalue weighted by Gasteiger charge is -2.18. The molecule has 4 rings (SSSR count). The van der Waals surface area contributed by atoms with Gasteiger partial charge in [0.25, 0.3) is 0 Å². The molecule has 33 heavy (non-hydrogen) atoms. The molecule has 0 aliphatic heterocycles. The first-order valence-electron chi connectivity index (χ1n) is 10.9. The fourth-order valence-corrected chi connectivity index (χ4v) is 4.14. The second-order valence-electron chi connectivity index (χ2n) is 7.77. The first-order valence-corrected chi connectivity index (χ1v) is 10.9. The Balaban J connectivity index is 1.94. The van der Waals surface area contributed by atoms with E-state index in [-0.39, 0.29) is 5.97 Å². The summed E-state index contributed by atoms with van der Waals surface area (Å²) >= 11 is 0. The second-order valence-corrected chi connectivity index (χ2v) is 7.77. The smallest absolute Gasteiger partial charge is 0.338 e. The van der Waals surface area contributed by atoms with Crippen LogP contribution in [0.5, 0.6) is 5.75 Å². The zero-order chi connectivity index (χ0) is 23.4. The van der Waals surface area contributed by atoms with Gasteiger partial charge in [-0.05, 0) is 55.7 Å². The molecule has 0 spiro atoms. The predicted octanol–water partition coefficient (Wildman–Crippen LogP) is 5.71. The van der Waals surface area contributed by atoms with E-state index in [1.54, 1.807) is 7.11 Å². The molecule has 1 N–H and O–H groups in total. The minimum atomic E-state index is -0.334. The van der Waals surface area contributed by atoms with Gasteiger partial charge in [0.1, 0.15) is 11.4 Å².